The van der Waals surface area contributed by atoms with Gasteiger partial charge in [-0.15, -0.1) is 0 Å². The average molecular weight is 325 g/mol. The van der Waals surface area contributed by atoms with E-state index < -0.39 is 34.4 Å². The van der Waals surface area contributed by atoms with Crippen molar-refractivity contribution in [2.24, 2.45) is 0 Å². The molecule has 1 aromatic carbocycles. The molecule has 3 N–H and O–H groups in total. The summed E-state index contributed by atoms with van der Waals surface area (Å²) in [6.45, 7) is -0.551. The number of rotatable bonds is 6. The number of nitro groups is 1. The van der Waals surface area contributed by atoms with Crippen LogP contribution in [0, 0.1) is 10.1 Å². The molecule has 0 spiro atoms. The molecule has 7 nitrogen and oxygen atoms in total. The molecule has 0 radical (unpaired) electrons. The fraction of sp³-hybridized carbons (Fsp3) is 0.364. The van der Waals surface area contributed by atoms with Gasteiger partial charge in [-0.2, -0.15) is 0 Å². The minimum atomic E-state index is -1.33. The van der Waals surface area contributed by atoms with Gasteiger partial charge in [-0.25, -0.2) is 0 Å². The lowest BCUT2D eigenvalue weighted by atomic mass is 10.1. The number of carbonyl (C=O) groups is 1. The molecular formula is C11H12Cl2N2O5. The molecule has 0 aliphatic carbocycles. The normalized spacial score (nSPS) is 13.8. The standard InChI is InChI=1S/C11H12Cl2N2O5/c12-10(13)11(18)14-8(5-16)9(17)6-1-3-7(4-2-6)15(19)20/h1-4,8-10,16-17H,5H2,(H,14,18)/t8-,9-/m0/s1/i5+2. The van der Waals surface area contributed by atoms with Crippen molar-refractivity contribution in [3.63, 3.8) is 0 Å². The van der Waals surface area contributed by atoms with Crippen LogP contribution in [0.1, 0.15) is 11.7 Å². The number of hydrogen-bond acceptors (Lipinski definition) is 5. The van der Waals surface area contributed by atoms with E-state index in [-0.39, 0.29) is 5.69 Å². The number of amides is 1. The Labute approximate surface area is 124 Å². The van der Waals surface area contributed by atoms with Crippen molar-refractivity contribution in [1.82, 2.24) is 5.32 Å². The highest BCUT2D eigenvalue weighted by molar-refractivity contribution is 6.53. The monoisotopic (exact) mass is 324 g/mol. The number of halogens is 2. The predicted octanol–water partition coefficient (Wildman–Crippen LogP) is 0.909. The van der Waals surface area contributed by atoms with Gasteiger partial charge in [-0.1, -0.05) is 23.2 Å². The summed E-state index contributed by atoms with van der Waals surface area (Å²) in [5.74, 6) is -0.756. The summed E-state index contributed by atoms with van der Waals surface area (Å²) >= 11 is 10.7. The number of carbonyl (C=O) groups excluding carboxylic acids is 1. The molecule has 0 heterocycles. The number of aliphatic hydroxyl groups is 2. The molecule has 0 saturated heterocycles. The van der Waals surface area contributed by atoms with Crippen LogP contribution >= 0.6 is 23.2 Å². The van der Waals surface area contributed by atoms with Crippen LogP contribution in [0.4, 0.5) is 5.69 Å². The Hall–Kier alpha value is -1.41. The molecule has 0 aliphatic heterocycles. The van der Waals surface area contributed by atoms with Gasteiger partial charge >= 0.3 is 0 Å². The van der Waals surface area contributed by atoms with E-state index in [1.807, 2.05) is 0 Å². The quantitative estimate of drug-likeness (QED) is 0.409. The first-order valence-electron chi connectivity index (χ1n) is 5.48. The molecule has 2 atom stereocenters. The van der Waals surface area contributed by atoms with Crippen molar-refractivity contribution < 1.29 is 19.9 Å². The molecule has 0 fully saturated rings. The summed E-state index contributed by atoms with van der Waals surface area (Å²) in [5, 5.41) is 31.9. The Morgan fingerprint density at radius 3 is 2.30 bits per heavy atom. The van der Waals surface area contributed by atoms with E-state index in [4.69, 9.17) is 28.3 Å². The highest BCUT2D eigenvalue weighted by atomic mass is 35.5. The van der Waals surface area contributed by atoms with E-state index in [2.05, 4.69) is 5.32 Å². The third-order valence-electron chi connectivity index (χ3n) is 2.55. The Bertz CT molecular complexity index is 480. The van der Waals surface area contributed by atoms with Crippen molar-refractivity contribution in [1.29, 1.82) is 0 Å². The topological polar surface area (TPSA) is 113 Å². The number of nitro benzene ring substituents is 1. The van der Waals surface area contributed by atoms with E-state index in [9.17, 15) is 20.0 Å². The summed E-state index contributed by atoms with van der Waals surface area (Å²) < 4.78 is 0. The Kier molecular flexibility index (Phi) is 6.15. The van der Waals surface area contributed by atoms with Gasteiger partial charge < -0.3 is 15.5 Å². The van der Waals surface area contributed by atoms with Crippen LogP contribution in [0.2, 0.25) is 0 Å². The highest BCUT2D eigenvalue weighted by Crippen LogP contribution is 2.20. The lowest BCUT2D eigenvalue weighted by Crippen LogP contribution is -2.44. The van der Waals surface area contributed by atoms with Gasteiger partial charge in [0.1, 0.15) is 6.10 Å². The number of hydrogen-bond donors (Lipinski definition) is 3. The van der Waals surface area contributed by atoms with E-state index >= 15 is 0 Å². The lowest BCUT2D eigenvalue weighted by molar-refractivity contribution is -0.384. The van der Waals surface area contributed by atoms with Gasteiger partial charge in [0.2, 0.25) is 0 Å². The second-order valence-electron chi connectivity index (χ2n) is 3.89. The molecule has 0 unspecified atom stereocenters. The largest absolute Gasteiger partial charge is 0.394 e. The van der Waals surface area contributed by atoms with Gasteiger partial charge in [0, 0.05) is 12.1 Å². The van der Waals surface area contributed by atoms with Crippen molar-refractivity contribution >= 4 is 34.8 Å². The SMILES string of the molecule is O=C(N[C@@H]([14CH2]O)[C@@H](O)c1ccc([N+](=O)[O-])cc1)C(Cl)Cl. The van der Waals surface area contributed by atoms with Gasteiger partial charge in [0.05, 0.1) is 17.6 Å². The minimum absolute atomic E-state index is 0.132. The molecule has 0 bridgehead atoms. The molecule has 9 heteroatoms. The smallest absolute Gasteiger partial charge is 0.269 e. The van der Waals surface area contributed by atoms with E-state index in [0.717, 1.165) is 0 Å². The lowest BCUT2D eigenvalue weighted by Gasteiger charge is -2.22. The molecule has 1 rings (SSSR count). The van der Waals surface area contributed by atoms with Gasteiger partial charge in [-0.05, 0) is 17.7 Å². The summed E-state index contributed by atoms with van der Waals surface area (Å²) in [6, 6.07) is 4.05. The molecule has 0 saturated carbocycles. The first-order chi connectivity index (χ1) is 9.36. The van der Waals surface area contributed by atoms with Crippen LogP contribution in [-0.2, 0) is 4.79 Å². The minimum Gasteiger partial charge on any atom is -0.394 e. The summed E-state index contributed by atoms with van der Waals surface area (Å²) in [5.41, 5.74) is 0.169. The van der Waals surface area contributed by atoms with E-state index in [1.165, 1.54) is 24.3 Å². The van der Waals surface area contributed by atoms with Crippen molar-refractivity contribution in [3.8, 4) is 0 Å². The maximum Gasteiger partial charge on any atom is 0.269 e. The molecule has 1 amide bonds. The second kappa shape index (κ2) is 7.39. The van der Waals surface area contributed by atoms with Crippen molar-refractivity contribution in [2.75, 3.05) is 6.61 Å². The van der Waals surface area contributed by atoms with Gasteiger partial charge in [-0.3, -0.25) is 14.9 Å². The molecule has 0 aromatic heterocycles. The second-order valence-corrected chi connectivity index (χ2v) is 4.99. The van der Waals surface area contributed by atoms with Gasteiger partial charge in [0.25, 0.3) is 11.6 Å². The van der Waals surface area contributed by atoms with Crippen LogP contribution in [0.25, 0.3) is 0 Å². The zero-order valence-electron chi connectivity index (χ0n) is 10.1. The number of aliphatic hydroxyl groups excluding tert-OH is 2. The zero-order valence-corrected chi connectivity index (χ0v) is 11.6. The molecule has 20 heavy (non-hydrogen) atoms. The summed E-state index contributed by atoms with van der Waals surface area (Å²) in [4.78, 5) is 19.9. The van der Waals surface area contributed by atoms with Crippen LogP contribution < -0.4 is 5.32 Å². The molecule has 1 aromatic rings. The maximum atomic E-state index is 11.3. The van der Waals surface area contributed by atoms with E-state index in [0.29, 0.717) is 5.56 Å². The predicted molar refractivity (Wildman–Crippen MR) is 72.6 cm³/mol. The van der Waals surface area contributed by atoms with Crippen LogP contribution in [0.15, 0.2) is 24.3 Å². The number of non-ortho nitro benzene ring substituents is 1. The highest BCUT2D eigenvalue weighted by Gasteiger charge is 2.24. The third-order valence-corrected chi connectivity index (χ3v) is 2.95. The summed E-state index contributed by atoms with van der Waals surface area (Å²) in [6.07, 6.45) is -1.25. The first kappa shape index (κ1) is 16.6. The van der Waals surface area contributed by atoms with Crippen LogP contribution in [0.3, 0.4) is 0 Å². The fourth-order valence-corrected chi connectivity index (χ4v) is 1.62. The Morgan fingerprint density at radius 1 is 1.35 bits per heavy atom. The average Bonchev–Trinajstić information content (AvgIpc) is 2.43. The Balaban J connectivity index is 2.82. The van der Waals surface area contributed by atoms with Crippen molar-refractivity contribution in [3.05, 3.63) is 39.9 Å². The molecule has 110 valence electrons. The van der Waals surface area contributed by atoms with E-state index in [1.54, 1.807) is 0 Å². The molecular weight excluding hydrogens is 313 g/mol. The third kappa shape index (κ3) is 4.31. The van der Waals surface area contributed by atoms with Crippen LogP contribution in [0.5, 0.6) is 0 Å². The van der Waals surface area contributed by atoms with Gasteiger partial charge in [0.15, 0.2) is 4.84 Å². The fourth-order valence-electron chi connectivity index (χ4n) is 1.50. The van der Waals surface area contributed by atoms with Crippen LogP contribution in [-0.4, -0.2) is 38.5 Å². The Morgan fingerprint density at radius 2 is 1.90 bits per heavy atom. The molecule has 0 aliphatic rings. The number of nitrogens with zero attached hydrogens (tertiary/aromatic N) is 1. The maximum absolute atomic E-state index is 11.3. The van der Waals surface area contributed by atoms with Crippen molar-refractivity contribution in [2.45, 2.75) is 17.0 Å². The number of benzene rings is 1. The zero-order chi connectivity index (χ0) is 15.3. The number of alkyl halides is 2. The summed E-state index contributed by atoms with van der Waals surface area (Å²) in [7, 11) is 0. The first-order valence-corrected chi connectivity index (χ1v) is 6.36. The number of nitrogens with one attached hydrogen (secondary N) is 1.